The number of hydrogen-bond donors (Lipinski definition) is 2. The number of halogens is 1. The van der Waals surface area contributed by atoms with Gasteiger partial charge in [-0.15, -0.1) is 11.6 Å². The Kier molecular flexibility index (Phi) is 3.91. The summed E-state index contributed by atoms with van der Waals surface area (Å²) >= 11 is 5.78. The highest BCUT2D eigenvalue weighted by Crippen LogP contribution is 2.06. The van der Waals surface area contributed by atoms with Crippen molar-refractivity contribution in [3.8, 4) is 0 Å². The molecule has 2 N–H and O–H groups in total. The van der Waals surface area contributed by atoms with E-state index in [4.69, 9.17) is 11.6 Å². The van der Waals surface area contributed by atoms with E-state index in [0.29, 0.717) is 0 Å². The van der Waals surface area contributed by atoms with E-state index >= 15 is 0 Å². The van der Waals surface area contributed by atoms with Crippen LogP contribution in [0.4, 0.5) is 0 Å². The molecule has 80 valence electrons. The maximum atomic E-state index is 11.5. The number of sulfonamides is 1. The van der Waals surface area contributed by atoms with Crippen molar-refractivity contribution in [2.24, 2.45) is 0 Å². The van der Waals surface area contributed by atoms with Crippen LogP contribution in [-0.4, -0.2) is 30.5 Å². The highest BCUT2D eigenvalue weighted by molar-refractivity contribution is 7.89. The molecule has 0 amide bonds. The van der Waals surface area contributed by atoms with Crippen molar-refractivity contribution in [3.63, 3.8) is 0 Å². The quantitative estimate of drug-likeness (QED) is 0.741. The summed E-state index contributed by atoms with van der Waals surface area (Å²) in [5, 5.41) is 5.81. The second-order valence-electron chi connectivity index (χ2n) is 2.79. The van der Waals surface area contributed by atoms with Gasteiger partial charge in [-0.2, -0.15) is 5.10 Å². The first-order chi connectivity index (χ1) is 6.56. The van der Waals surface area contributed by atoms with E-state index < -0.39 is 10.0 Å². The molecule has 0 aliphatic rings. The summed E-state index contributed by atoms with van der Waals surface area (Å²) in [6, 6.07) is 0. The Labute approximate surface area is 87.9 Å². The van der Waals surface area contributed by atoms with Gasteiger partial charge in [-0.05, 0) is 6.42 Å². The third-order valence-corrected chi connectivity index (χ3v) is 3.57. The molecule has 0 saturated heterocycles. The molecule has 0 bridgehead atoms. The zero-order chi connectivity index (χ0) is 10.6. The minimum absolute atomic E-state index is 0.123. The molecule has 0 aliphatic heterocycles. The molecular formula is C7H12ClN3O2S. The molecular weight excluding hydrogens is 226 g/mol. The summed E-state index contributed by atoms with van der Waals surface area (Å²) in [6.45, 7) is 2.12. The summed E-state index contributed by atoms with van der Waals surface area (Å²) < 4.78 is 25.4. The van der Waals surface area contributed by atoms with E-state index in [-0.39, 0.29) is 16.8 Å². The molecule has 0 spiro atoms. The largest absolute Gasteiger partial charge is 0.284 e. The van der Waals surface area contributed by atoms with Crippen LogP contribution in [0.3, 0.4) is 0 Å². The van der Waals surface area contributed by atoms with Gasteiger partial charge >= 0.3 is 0 Å². The van der Waals surface area contributed by atoms with E-state index in [1.807, 2.05) is 6.92 Å². The normalized spacial score (nSPS) is 14.1. The lowest BCUT2D eigenvalue weighted by atomic mass is 10.3. The molecule has 1 atom stereocenters. The summed E-state index contributed by atoms with van der Waals surface area (Å²) in [5.74, 6) is 0. The lowest BCUT2D eigenvalue weighted by Gasteiger charge is -2.07. The summed E-state index contributed by atoms with van der Waals surface area (Å²) in [6.07, 6.45) is 3.28. The number of aromatic amines is 1. The molecule has 0 fully saturated rings. The van der Waals surface area contributed by atoms with Gasteiger partial charge in [0.25, 0.3) is 0 Å². The van der Waals surface area contributed by atoms with Crippen LogP contribution in [0.25, 0.3) is 0 Å². The lowest BCUT2D eigenvalue weighted by molar-refractivity contribution is 0.579. The average Bonchev–Trinajstić information content (AvgIpc) is 2.67. The third kappa shape index (κ3) is 2.97. The van der Waals surface area contributed by atoms with Crippen LogP contribution in [0.1, 0.15) is 13.3 Å². The summed E-state index contributed by atoms with van der Waals surface area (Å²) in [5.41, 5.74) is 0. The Bertz CT molecular complexity index is 362. The second-order valence-corrected chi connectivity index (χ2v) is 5.18. The molecule has 0 aromatic carbocycles. The zero-order valence-electron chi connectivity index (χ0n) is 7.70. The molecule has 1 aromatic heterocycles. The zero-order valence-corrected chi connectivity index (χ0v) is 9.27. The highest BCUT2D eigenvalue weighted by Gasteiger charge is 2.15. The van der Waals surface area contributed by atoms with Crippen LogP contribution in [0.15, 0.2) is 17.3 Å². The van der Waals surface area contributed by atoms with E-state index in [1.54, 1.807) is 0 Å². The summed E-state index contributed by atoms with van der Waals surface area (Å²) in [4.78, 5) is 0.123. The van der Waals surface area contributed by atoms with Crippen LogP contribution in [0.2, 0.25) is 0 Å². The number of nitrogens with one attached hydrogen (secondary N) is 2. The Morgan fingerprint density at radius 3 is 2.93 bits per heavy atom. The second kappa shape index (κ2) is 4.77. The lowest BCUT2D eigenvalue weighted by Crippen LogP contribution is -2.29. The summed E-state index contributed by atoms with van der Waals surface area (Å²) in [7, 11) is -3.45. The first kappa shape index (κ1) is 11.5. The number of aromatic nitrogens is 2. The van der Waals surface area contributed by atoms with Crippen molar-refractivity contribution >= 4 is 21.6 Å². The van der Waals surface area contributed by atoms with E-state index in [1.165, 1.54) is 12.4 Å². The van der Waals surface area contributed by atoms with Crippen LogP contribution >= 0.6 is 11.6 Å². The molecule has 5 nitrogen and oxygen atoms in total. The first-order valence-corrected chi connectivity index (χ1v) is 6.10. The van der Waals surface area contributed by atoms with Crippen LogP contribution in [0, 0.1) is 0 Å². The van der Waals surface area contributed by atoms with Gasteiger partial charge in [-0.1, -0.05) is 6.92 Å². The molecule has 1 unspecified atom stereocenters. The van der Waals surface area contributed by atoms with Crippen molar-refractivity contribution in [2.45, 2.75) is 23.6 Å². The maximum Gasteiger partial charge on any atom is 0.243 e. The molecule has 1 heterocycles. The number of H-pyrrole nitrogens is 1. The van der Waals surface area contributed by atoms with Crippen LogP contribution in [-0.2, 0) is 10.0 Å². The third-order valence-electron chi connectivity index (χ3n) is 1.72. The van der Waals surface area contributed by atoms with Gasteiger partial charge in [0.1, 0.15) is 4.90 Å². The Morgan fingerprint density at radius 2 is 2.43 bits per heavy atom. The fourth-order valence-electron chi connectivity index (χ4n) is 0.814. The van der Waals surface area contributed by atoms with E-state index in [0.717, 1.165) is 6.42 Å². The molecule has 14 heavy (non-hydrogen) atoms. The van der Waals surface area contributed by atoms with Gasteiger partial charge in [-0.25, -0.2) is 13.1 Å². The molecule has 0 radical (unpaired) electrons. The van der Waals surface area contributed by atoms with Gasteiger partial charge in [0.05, 0.1) is 6.20 Å². The highest BCUT2D eigenvalue weighted by atomic mass is 35.5. The average molecular weight is 238 g/mol. The maximum absolute atomic E-state index is 11.5. The van der Waals surface area contributed by atoms with E-state index in [9.17, 15) is 8.42 Å². The predicted octanol–water partition coefficient (Wildman–Crippen LogP) is 0.705. The Morgan fingerprint density at radius 1 is 1.71 bits per heavy atom. The molecule has 1 rings (SSSR count). The number of rotatable bonds is 5. The van der Waals surface area contributed by atoms with Crippen molar-refractivity contribution in [1.29, 1.82) is 0 Å². The minimum atomic E-state index is -3.45. The Balaban J connectivity index is 2.60. The fraction of sp³-hybridized carbons (Fsp3) is 0.571. The van der Waals surface area contributed by atoms with Crippen molar-refractivity contribution in [3.05, 3.63) is 12.4 Å². The number of hydrogen-bond acceptors (Lipinski definition) is 3. The predicted molar refractivity (Wildman–Crippen MR) is 53.7 cm³/mol. The topological polar surface area (TPSA) is 74.8 Å². The van der Waals surface area contributed by atoms with Crippen molar-refractivity contribution in [1.82, 2.24) is 14.9 Å². The SMILES string of the molecule is CCC(Cl)CNS(=O)(=O)c1cn[nH]c1. The fourth-order valence-corrected chi connectivity index (χ4v) is 1.97. The Hall–Kier alpha value is -0.590. The first-order valence-electron chi connectivity index (χ1n) is 4.18. The van der Waals surface area contributed by atoms with Gasteiger partial charge in [0, 0.05) is 18.1 Å². The van der Waals surface area contributed by atoms with Crippen molar-refractivity contribution < 1.29 is 8.42 Å². The molecule has 0 saturated carbocycles. The smallest absolute Gasteiger partial charge is 0.243 e. The van der Waals surface area contributed by atoms with Gasteiger partial charge in [-0.3, -0.25) is 5.10 Å². The standard InChI is InChI=1S/C7H12ClN3O2S/c1-2-6(8)3-11-14(12,13)7-4-9-10-5-7/h4-6,11H,2-3H2,1H3,(H,9,10). The van der Waals surface area contributed by atoms with Crippen LogP contribution < -0.4 is 4.72 Å². The van der Waals surface area contributed by atoms with Gasteiger partial charge in [0.15, 0.2) is 0 Å². The van der Waals surface area contributed by atoms with Gasteiger partial charge < -0.3 is 0 Å². The van der Waals surface area contributed by atoms with E-state index in [2.05, 4.69) is 14.9 Å². The molecule has 0 aliphatic carbocycles. The van der Waals surface area contributed by atoms with Crippen LogP contribution in [0.5, 0.6) is 0 Å². The number of alkyl halides is 1. The molecule has 7 heteroatoms. The van der Waals surface area contributed by atoms with Gasteiger partial charge in [0.2, 0.25) is 10.0 Å². The molecule has 1 aromatic rings. The monoisotopic (exact) mass is 237 g/mol. The minimum Gasteiger partial charge on any atom is -0.284 e. The van der Waals surface area contributed by atoms with Crippen molar-refractivity contribution in [2.75, 3.05) is 6.54 Å². The number of nitrogens with zero attached hydrogens (tertiary/aromatic N) is 1.